The Hall–Kier alpha value is -3.42. The number of carbonyl (C=O) groups is 1. The fraction of sp³-hybridized carbons (Fsp3) is 0.300. The Labute approximate surface area is 164 Å². The van der Waals surface area contributed by atoms with E-state index in [0.717, 1.165) is 11.1 Å². The van der Waals surface area contributed by atoms with Crippen LogP contribution in [0, 0.1) is 0 Å². The molecule has 0 saturated carbocycles. The van der Waals surface area contributed by atoms with Crippen molar-refractivity contribution in [3.05, 3.63) is 54.6 Å². The van der Waals surface area contributed by atoms with Crippen LogP contribution in [0.1, 0.15) is 38.4 Å². The van der Waals surface area contributed by atoms with Crippen LogP contribution in [0.15, 0.2) is 49.1 Å². The zero-order valence-corrected chi connectivity index (χ0v) is 16.4. The number of hydrogen-bond acceptors (Lipinski definition) is 5. The van der Waals surface area contributed by atoms with Crippen molar-refractivity contribution in [2.45, 2.75) is 32.9 Å². The van der Waals surface area contributed by atoms with E-state index in [-0.39, 0.29) is 18.1 Å². The number of para-hydroxylation sites is 1. The van der Waals surface area contributed by atoms with Crippen molar-refractivity contribution < 1.29 is 9.53 Å². The number of rotatable bonds is 6. The Balaban J connectivity index is 1.79. The summed E-state index contributed by atoms with van der Waals surface area (Å²) in [6.07, 6.45) is 4.98. The van der Waals surface area contributed by atoms with Gasteiger partial charge in [-0.05, 0) is 39.0 Å². The van der Waals surface area contributed by atoms with Crippen molar-refractivity contribution >= 4 is 11.7 Å². The lowest BCUT2D eigenvalue weighted by molar-refractivity contribution is 0.249. The minimum absolute atomic E-state index is 0.200. The number of pyridine rings is 1. The summed E-state index contributed by atoms with van der Waals surface area (Å²) in [6.45, 7) is 6.00. The highest BCUT2D eigenvalue weighted by atomic mass is 16.5. The highest BCUT2D eigenvalue weighted by molar-refractivity contribution is 5.93. The topological polar surface area (TPSA) is 94.0 Å². The monoisotopic (exact) mass is 380 g/mol. The van der Waals surface area contributed by atoms with Crippen LogP contribution >= 0.6 is 0 Å². The van der Waals surface area contributed by atoms with Gasteiger partial charge in [0.15, 0.2) is 5.82 Å². The third-order valence-corrected chi connectivity index (χ3v) is 4.40. The van der Waals surface area contributed by atoms with Crippen molar-refractivity contribution in [2.24, 2.45) is 0 Å². The van der Waals surface area contributed by atoms with E-state index in [0.29, 0.717) is 17.3 Å². The lowest BCUT2D eigenvalue weighted by Crippen LogP contribution is -2.31. The largest absolute Gasteiger partial charge is 0.495 e. The second kappa shape index (κ2) is 8.51. The molecule has 0 radical (unpaired) electrons. The molecular formula is C20H24N6O2. The van der Waals surface area contributed by atoms with Gasteiger partial charge in [-0.1, -0.05) is 12.1 Å². The fourth-order valence-corrected chi connectivity index (χ4v) is 2.95. The molecule has 8 nitrogen and oxygen atoms in total. The molecule has 2 N–H and O–H groups in total. The minimum Gasteiger partial charge on any atom is -0.495 e. The number of amides is 2. The summed E-state index contributed by atoms with van der Waals surface area (Å²) >= 11 is 0. The number of methoxy groups -OCH3 is 1. The molecule has 2 heterocycles. The number of benzene rings is 1. The first kappa shape index (κ1) is 19.3. The predicted octanol–water partition coefficient (Wildman–Crippen LogP) is 3.81. The molecule has 2 aromatic heterocycles. The standard InChI is InChI=1S/C20H24N6O2/c1-13(2)26-12-22-25-19(26)16-7-5-6-8-17(16)24-20(27)23-14(3)15-9-10-21-11-18(15)28-4/h5-14H,1-4H3,(H2,23,24,27)/t14-/m0/s1. The molecule has 146 valence electrons. The molecule has 0 aliphatic carbocycles. The van der Waals surface area contributed by atoms with Crippen LogP contribution in [0.5, 0.6) is 5.75 Å². The van der Waals surface area contributed by atoms with Gasteiger partial charge in [0.2, 0.25) is 0 Å². The van der Waals surface area contributed by atoms with E-state index in [1.807, 2.05) is 41.8 Å². The molecule has 0 fully saturated rings. The van der Waals surface area contributed by atoms with Crippen molar-refractivity contribution in [3.63, 3.8) is 0 Å². The maximum atomic E-state index is 12.6. The van der Waals surface area contributed by atoms with Gasteiger partial charge >= 0.3 is 6.03 Å². The number of hydrogen-bond donors (Lipinski definition) is 2. The summed E-state index contributed by atoms with van der Waals surface area (Å²) in [6, 6.07) is 8.96. The molecule has 2 amide bonds. The maximum Gasteiger partial charge on any atom is 0.319 e. The normalized spacial score (nSPS) is 11.9. The van der Waals surface area contributed by atoms with Gasteiger partial charge in [0.1, 0.15) is 12.1 Å². The molecule has 1 aromatic carbocycles. The number of ether oxygens (including phenoxy) is 1. The average Bonchev–Trinajstić information content (AvgIpc) is 3.18. The van der Waals surface area contributed by atoms with Gasteiger partial charge in [-0.3, -0.25) is 4.98 Å². The van der Waals surface area contributed by atoms with Gasteiger partial charge in [0.25, 0.3) is 0 Å². The first-order valence-corrected chi connectivity index (χ1v) is 9.05. The van der Waals surface area contributed by atoms with Crippen LogP contribution in [0.2, 0.25) is 0 Å². The summed E-state index contributed by atoms with van der Waals surface area (Å²) in [5.41, 5.74) is 2.31. The molecule has 3 rings (SSSR count). The third-order valence-electron chi connectivity index (χ3n) is 4.40. The molecule has 28 heavy (non-hydrogen) atoms. The van der Waals surface area contributed by atoms with E-state index in [9.17, 15) is 4.79 Å². The molecule has 0 unspecified atom stereocenters. The third kappa shape index (κ3) is 4.11. The Bertz CT molecular complexity index is 953. The molecule has 0 aliphatic heterocycles. The van der Waals surface area contributed by atoms with Crippen molar-refractivity contribution in [3.8, 4) is 17.1 Å². The summed E-state index contributed by atoms with van der Waals surface area (Å²) in [5.74, 6) is 1.33. The second-order valence-electron chi connectivity index (χ2n) is 6.64. The van der Waals surface area contributed by atoms with Crippen LogP contribution < -0.4 is 15.4 Å². The van der Waals surface area contributed by atoms with E-state index in [1.165, 1.54) is 0 Å². The number of anilines is 1. The lowest BCUT2D eigenvalue weighted by Gasteiger charge is -2.18. The number of nitrogens with one attached hydrogen (secondary N) is 2. The smallest absolute Gasteiger partial charge is 0.319 e. The van der Waals surface area contributed by atoms with Crippen LogP contribution in [-0.2, 0) is 0 Å². The minimum atomic E-state index is -0.325. The quantitative estimate of drug-likeness (QED) is 0.678. The summed E-state index contributed by atoms with van der Waals surface area (Å²) in [7, 11) is 1.58. The van der Waals surface area contributed by atoms with Crippen molar-refractivity contribution in [2.75, 3.05) is 12.4 Å². The molecule has 3 aromatic rings. The number of nitrogens with zero attached hydrogens (tertiary/aromatic N) is 4. The Kier molecular flexibility index (Phi) is 5.88. The van der Waals surface area contributed by atoms with Crippen LogP contribution in [0.4, 0.5) is 10.5 Å². The second-order valence-corrected chi connectivity index (χ2v) is 6.64. The van der Waals surface area contributed by atoms with E-state index >= 15 is 0 Å². The van der Waals surface area contributed by atoms with Crippen LogP contribution in [-0.4, -0.2) is 32.9 Å². The first-order valence-electron chi connectivity index (χ1n) is 9.05. The zero-order chi connectivity index (χ0) is 20.1. The summed E-state index contributed by atoms with van der Waals surface area (Å²) in [4.78, 5) is 16.7. The van der Waals surface area contributed by atoms with Gasteiger partial charge in [0, 0.05) is 23.4 Å². The SMILES string of the molecule is COc1cnccc1[C@H](C)NC(=O)Nc1ccccc1-c1nncn1C(C)C. The molecule has 0 aliphatic rings. The molecule has 1 atom stereocenters. The Morgan fingerprint density at radius 3 is 2.71 bits per heavy atom. The van der Waals surface area contributed by atoms with Crippen molar-refractivity contribution in [1.82, 2.24) is 25.1 Å². The van der Waals surface area contributed by atoms with Gasteiger partial charge in [0.05, 0.1) is 25.0 Å². The molecular weight excluding hydrogens is 356 g/mol. The van der Waals surface area contributed by atoms with Crippen LogP contribution in [0.3, 0.4) is 0 Å². The zero-order valence-electron chi connectivity index (χ0n) is 16.4. The predicted molar refractivity (Wildman–Crippen MR) is 107 cm³/mol. The fourth-order valence-electron chi connectivity index (χ4n) is 2.95. The average molecular weight is 380 g/mol. The van der Waals surface area contributed by atoms with Crippen LogP contribution in [0.25, 0.3) is 11.4 Å². The maximum absolute atomic E-state index is 12.6. The van der Waals surface area contributed by atoms with Crippen molar-refractivity contribution in [1.29, 1.82) is 0 Å². The van der Waals surface area contributed by atoms with E-state index in [1.54, 1.807) is 25.8 Å². The van der Waals surface area contributed by atoms with Gasteiger partial charge in [-0.25, -0.2) is 4.79 Å². The van der Waals surface area contributed by atoms with E-state index in [2.05, 4.69) is 39.7 Å². The number of aromatic nitrogens is 4. The first-order chi connectivity index (χ1) is 13.5. The highest BCUT2D eigenvalue weighted by Gasteiger charge is 2.17. The van der Waals surface area contributed by atoms with Gasteiger partial charge in [-0.15, -0.1) is 10.2 Å². The van der Waals surface area contributed by atoms with E-state index in [4.69, 9.17) is 4.74 Å². The van der Waals surface area contributed by atoms with Gasteiger partial charge < -0.3 is 19.9 Å². The molecule has 0 bridgehead atoms. The highest BCUT2D eigenvalue weighted by Crippen LogP contribution is 2.28. The lowest BCUT2D eigenvalue weighted by atomic mass is 10.1. The molecule has 0 spiro atoms. The Morgan fingerprint density at radius 2 is 1.96 bits per heavy atom. The van der Waals surface area contributed by atoms with E-state index < -0.39 is 0 Å². The van der Waals surface area contributed by atoms with Gasteiger partial charge in [-0.2, -0.15) is 0 Å². The molecule has 8 heteroatoms. The number of urea groups is 1. The Morgan fingerprint density at radius 1 is 1.18 bits per heavy atom. The summed E-state index contributed by atoms with van der Waals surface area (Å²) < 4.78 is 7.28. The summed E-state index contributed by atoms with van der Waals surface area (Å²) in [5, 5.41) is 14.1. The molecule has 0 saturated heterocycles. The number of carbonyl (C=O) groups excluding carboxylic acids is 1.